The fraction of sp³-hybridized carbons (Fsp3) is 0.240. The van der Waals surface area contributed by atoms with E-state index in [2.05, 4.69) is 30.5 Å². The molecule has 13 heteroatoms. The Morgan fingerprint density at radius 3 is 2.61 bits per heavy atom. The Hall–Kier alpha value is -4.13. The highest BCUT2D eigenvalue weighted by molar-refractivity contribution is 7.26. The van der Waals surface area contributed by atoms with Gasteiger partial charge in [-0.25, -0.2) is 28.5 Å². The van der Waals surface area contributed by atoms with E-state index in [-0.39, 0.29) is 23.8 Å². The smallest absolute Gasteiger partial charge is 0.363 e. The first-order valence-electron chi connectivity index (χ1n) is 11.8. The number of nitrogens with one attached hydrogen (secondary N) is 1. The Morgan fingerprint density at radius 1 is 1.05 bits per heavy atom. The molecule has 0 spiro atoms. The average molecular weight is 539 g/mol. The van der Waals surface area contributed by atoms with Gasteiger partial charge in [0.15, 0.2) is 11.7 Å². The minimum atomic E-state index is -4.54. The number of rotatable bonds is 2. The topological polar surface area (TPSA) is 85.8 Å². The third-order valence-electron chi connectivity index (χ3n) is 6.78. The molecule has 0 saturated heterocycles. The van der Waals surface area contributed by atoms with E-state index in [1.54, 1.807) is 0 Å². The van der Waals surface area contributed by atoms with E-state index in [0.717, 1.165) is 36.4 Å². The molecule has 0 bridgehead atoms. The van der Waals surface area contributed by atoms with Gasteiger partial charge >= 0.3 is 6.18 Å². The van der Waals surface area contributed by atoms with Gasteiger partial charge in [-0.1, -0.05) is 12.1 Å². The number of aryl methyl sites for hydroxylation is 2. The molecular weight excluding hydrogens is 520 g/mol. The third kappa shape index (κ3) is 3.52. The molecule has 0 amide bonds. The first kappa shape index (κ1) is 23.0. The van der Waals surface area contributed by atoms with Gasteiger partial charge < -0.3 is 5.32 Å². The van der Waals surface area contributed by atoms with E-state index >= 15 is 0 Å². The second kappa shape index (κ2) is 7.93. The summed E-state index contributed by atoms with van der Waals surface area (Å²) in [5.41, 5.74) is 3.99. The van der Waals surface area contributed by atoms with Gasteiger partial charge in [0, 0.05) is 23.6 Å². The standard InChI is InChI=1S/C25H18F4N8S/c1-11-7-12(2)31-24-19(11)20-21(38-24)23-33-22(35-36(23)10-30-20)16-9-18-32-15(13-3-5-14(26)6-4-13)8-17(25(27,28)29)37(18)34-16/h3-7,9-10,15,17,32H,8H2,1-2H3. The van der Waals surface area contributed by atoms with Gasteiger partial charge in [0.05, 0.1) is 11.6 Å². The van der Waals surface area contributed by atoms with Crippen molar-refractivity contribution in [2.24, 2.45) is 0 Å². The minimum absolute atomic E-state index is 0.181. The van der Waals surface area contributed by atoms with Crippen molar-refractivity contribution in [3.63, 3.8) is 0 Å². The summed E-state index contributed by atoms with van der Waals surface area (Å²) >= 11 is 1.45. The number of thiophene rings is 1. The summed E-state index contributed by atoms with van der Waals surface area (Å²) in [5.74, 6) is -0.0896. The van der Waals surface area contributed by atoms with Crippen molar-refractivity contribution in [3.05, 3.63) is 65.4 Å². The van der Waals surface area contributed by atoms with E-state index in [9.17, 15) is 17.6 Å². The number of hydrogen-bond acceptors (Lipinski definition) is 7. The summed E-state index contributed by atoms with van der Waals surface area (Å²) in [6.07, 6.45) is -3.29. The van der Waals surface area contributed by atoms with Gasteiger partial charge in [0.2, 0.25) is 5.82 Å². The van der Waals surface area contributed by atoms with Crippen molar-refractivity contribution < 1.29 is 17.6 Å². The van der Waals surface area contributed by atoms with Gasteiger partial charge in [-0.15, -0.1) is 16.4 Å². The van der Waals surface area contributed by atoms with Crippen LogP contribution in [0.5, 0.6) is 0 Å². The predicted octanol–water partition coefficient (Wildman–Crippen LogP) is 6.17. The van der Waals surface area contributed by atoms with Crippen LogP contribution in [0.4, 0.5) is 23.4 Å². The summed E-state index contributed by atoms with van der Waals surface area (Å²) in [6, 6.07) is 6.40. The molecule has 192 valence electrons. The predicted molar refractivity (Wildman–Crippen MR) is 135 cm³/mol. The van der Waals surface area contributed by atoms with Gasteiger partial charge in [-0.3, -0.25) is 0 Å². The molecule has 2 atom stereocenters. The molecular formula is C25H18F4N8S. The lowest BCUT2D eigenvalue weighted by Gasteiger charge is -2.33. The molecule has 1 aromatic carbocycles. The molecule has 2 unspecified atom stereocenters. The van der Waals surface area contributed by atoms with Crippen LogP contribution in [0.3, 0.4) is 0 Å². The Balaban J connectivity index is 1.34. The maximum absolute atomic E-state index is 14.1. The first-order valence-corrected chi connectivity index (χ1v) is 12.6. The first-order chi connectivity index (χ1) is 18.2. The molecule has 1 N–H and O–H groups in total. The highest BCUT2D eigenvalue weighted by Gasteiger charge is 2.46. The molecule has 7 rings (SSSR count). The lowest BCUT2D eigenvalue weighted by molar-refractivity contribution is -0.173. The molecule has 6 heterocycles. The maximum atomic E-state index is 14.1. The van der Waals surface area contributed by atoms with Crippen molar-refractivity contribution in [1.29, 1.82) is 0 Å². The maximum Gasteiger partial charge on any atom is 0.410 e. The number of halogens is 4. The third-order valence-corrected chi connectivity index (χ3v) is 7.85. The van der Waals surface area contributed by atoms with Gasteiger partial charge in [-0.2, -0.15) is 18.3 Å². The zero-order chi connectivity index (χ0) is 26.3. The number of anilines is 1. The van der Waals surface area contributed by atoms with Gasteiger partial charge in [-0.05, 0) is 43.2 Å². The fourth-order valence-corrected chi connectivity index (χ4v) is 6.30. The average Bonchev–Trinajstić information content (AvgIpc) is 3.57. The molecule has 38 heavy (non-hydrogen) atoms. The zero-order valence-corrected chi connectivity index (χ0v) is 20.8. The van der Waals surface area contributed by atoms with Crippen LogP contribution < -0.4 is 5.32 Å². The summed E-state index contributed by atoms with van der Waals surface area (Å²) in [6.45, 7) is 3.93. The second-order valence-electron chi connectivity index (χ2n) is 9.39. The van der Waals surface area contributed by atoms with E-state index in [1.165, 1.54) is 52.5 Å². The van der Waals surface area contributed by atoms with E-state index in [1.807, 2.05) is 19.9 Å². The summed E-state index contributed by atoms with van der Waals surface area (Å²) in [4.78, 5) is 14.7. The Labute approximate surface area is 216 Å². The summed E-state index contributed by atoms with van der Waals surface area (Å²) < 4.78 is 58.9. The zero-order valence-electron chi connectivity index (χ0n) is 20.0. The summed E-state index contributed by atoms with van der Waals surface area (Å²) in [5, 5.41) is 12.8. The van der Waals surface area contributed by atoms with E-state index in [4.69, 9.17) is 0 Å². The van der Waals surface area contributed by atoms with E-state index in [0.29, 0.717) is 11.2 Å². The number of aromatic nitrogens is 7. The lowest BCUT2D eigenvalue weighted by Crippen LogP contribution is -2.35. The summed E-state index contributed by atoms with van der Waals surface area (Å²) in [7, 11) is 0. The normalized spacial score (nSPS) is 17.8. The number of alkyl halides is 3. The quantitative estimate of drug-likeness (QED) is 0.266. The minimum Gasteiger partial charge on any atom is -0.363 e. The van der Waals surface area contributed by atoms with Crippen LogP contribution in [0.15, 0.2) is 42.7 Å². The van der Waals surface area contributed by atoms with Crippen LogP contribution in [0.2, 0.25) is 0 Å². The number of fused-ring (bicyclic) bond motifs is 6. The Bertz CT molecular complexity index is 1870. The second-order valence-corrected chi connectivity index (χ2v) is 10.4. The highest BCUT2D eigenvalue weighted by atomic mass is 32.1. The Kier molecular flexibility index (Phi) is 4.81. The van der Waals surface area contributed by atoms with Crippen molar-refractivity contribution in [1.82, 2.24) is 34.3 Å². The van der Waals surface area contributed by atoms with Crippen molar-refractivity contribution in [2.45, 2.75) is 38.5 Å². The lowest BCUT2D eigenvalue weighted by atomic mass is 9.97. The molecule has 1 aliphatic rings. The van der Waals surface area contributed by atoms with Crippen molar-refractivity contribution in [2.75, 3.05) is 5.32 Å². The van der Waals surface area contributed by atoms with Crippen LogP contribution in [0.1, 0.15) is 35.3 Å². The van der Waals surface area contributed by atoms with Crippen molar-refractivity contribution >= 4 is 43.2 Å². The fourth-order valence-electron chi connectivity index (χ4n) is 5.07. The van der Waals surface area contributed by atoms with Crippen LogP contribution in [0, 0.1) is 19.7 Å². The number of nitrogens with zero attached hydrogens (tertiary/aromatic N) is 7. The Morgan fingerprint density at radius 2 is 1.84 bits per heavy atom. The van der Waals surface area contributed by atoms with Gasteiger partial charge in [0.25, 0.3) is 0 Å². The molecule has 6 aromatic rings. The SMILES string of the molecule is Cc1cc(C)c2c(n1)sc1c2ncn2nc(-c3cc4n(n3)C(C(F)(F)F)CC(c3ccc(F)cc3)N4)nc12. The molecule has 0 fully saturated rings. The molecule has 5 aromatic heterocycles. The highest BCUT2D eigenvalue weighted by Crippen LogP contribution is 2.44. The molecule has 0 radical (unpaired) electrons. The van der Waals surface area contributed by atoms with Crippen LogP contribution >= 0.6 is 11.3 Å². The molecule has 8 nitrogen and oxygen atoms in total. The van der Waals surface area contributed by atoms with Crippen LogP contribution in [0.25, 0.3) is 37.6 Å². The number of hydrogen-bond donors (Lipinski definition) is 1. The monoisotopic (exact) mass is 538 g/mol. The molecule has 0 saturated carbocycles. The van der Waals surface area contributed by atoms with Gasteiger partial charge in [0.1, 0.15) is 33.2 Å². The van der Waals surface area contributed by atoms with Crippen LogP contribution in [-0.4, -0.2) is 40.5 Å². The van der Waals surface area contributed by atoms with E-state index < -0.39 is 24.1 Å². The van der Waals surface area contributed by atoms with Crippen molar-refractivity contribution in [3.8, 4) is 11.5 Å². The molecule has 1 aliphatic heterocycles. The largest absolute Gasteiger partial charge is 0.410 e. The number of pyridine rings is 1. The number of benzene rings is 1. The van der Waals surface area contributed by atoms with Crippen LogP contribution in [-0.2, 0) is 0 Å². The molecule has 0 aliphatic carbocycles.